The van der Waals surface area contributed by atoms with Gasteiger partial charge in [0.05, 0.1) is 0 Å². The Balaban J connectivity index is 2.41. The fraction of sp³-hybridized carbons (Fsp3) is 0.333. The molecule has 0 aromatic heterocycles. The van der Waals surface area contributed by atoms with E-state index in [0.29, 0.717) is 6.54 Å². The second-order valence-electron chi connectivity index (χ2n) is 1.35. The van der Waals surface area contributed by atoms with Gasteiger partial charge in [-0.1, -0.05) is 0 Å². The number of hydrogen-bond donors (Lipinski definition) is 1. The minimum absolute atomic E-state index is 0.340. The summed E-state index contributed by atoms with van der Waals surface area (Å²) in [6.45, 7) is 0.340. The minimum atomic E-state index is -0.500. The zero-order valence-electron chi connectivity index (χ0n) is 4.07. The average molecular weight is 115 g/mol. The highest BCUT2D eigenvalue weighted by Crippen LogP contribution is 1.89. The lowest BCUT2D eigenvalue weighted by Gasteiger charge is -2.03. The van der Waals surface area contributed by atoms with E-state index in [1.165, 1.54) is 6.20 Å². The zero-order valence-corrected chi connectivity index (χ0v) is 4.07. The number of rotatable bonds is 1. The van der Waals surface area contributed by atoms with Gasteiger partial charge >= 0.3 is 0 Å². The standard InChI is InChI=1S/C3H5N3O2/c7-6(8)5-3-1-2-4-5/h1-2,4H,3H2. The Morgan fingerprint density at radius 2 is 2.62 bits per heavy atom. The van der Waals surface area contributed by atoms with Crippen LogP contribution in [0.2, 0.25) is 0 Å². The Kier molecular flexibility index (Phi) is 1.03. The number of hydrazine groups is 2. The molecule has 1 N–H and O–H groups in total. The van der Waals surface area contributed by atoms with Crippen molar-refractivity contribution in [3.63, 3.8) is 0 Å². The molecule has 0 unspecified atom stereocenters. The molecule has 0 amide bonds. The van der Waals surface area contributed by atoms with Crippen molar-refractivity contribution in [2.24, 2.45) is 0 Å². The van der Waals surface area contributed by atoms with E-state index in [4.69, 9.17) is 0 Å². The Hall–Kier alpha value is -1.26. The summed E-state index contributed by atoms with van der Waals surface area (Å²) in [6, 6.07) is 0. The van der Waals surface area contributed by atoms with Gasteiger partial charge in [0, 0.05) is 6.20 Å². The summed E-state index contributed by atoms with van der Waals surface area (Å²) >= 11 is 0. The molecule has 0 bridgehead atoms. The Morgan fingerprint density at radius 1 is 1.88 bits per heavy atom. The van der Waals surface area contributed by atoms with Gasteiger partial charge in [-0.05, 0) is 11.2 Å². The van der Waals surface area contributed by atoms with Gasteiger partial charge in [-0.3, -0.25) is 5.43 Å². The molecule has 0 aromatic rings. The maximum absolute atomic E-state index is 9.83. The lowest BCUT2D eigenvalue weighted by molar-refractivity contribution is -0.663. The summed E-state index contributed by atoms with van der Waals surface area (Å²) in [6.07, 6.45) is 3.20. The Bertz CT molecular complexity index is 124. The molecule has 5 heteroatoms. The summed E-state index contributed by atoms with van der Waals surface area (Å²) in [4.78, 5) is 9.83. The van der Waals surface area contributed by atoms with Gasteiger partial charge in [0.2, 0.25) is 0 Å². The molecule has 0 saturated carbocycles. The van der Waals surface area contributed by atoms with Gasteiger partial charge in [0.1, 0.15) is 6.54 Å². The highest BCUT2D eigenvalue weighted by molar-refractivity contribution is 4.85. The first-order valence-electron chi connectivity index (χ1n) is 2.14. The minimum Gasteiger partial charge on any atom is -0.253 e. The van der Waals surface area contributed by atoms with E-state index >= 15 is 0 Å². The lowest BCUT2D eigenvalue weighted by Crippen LogP contribution is -2.35. The van der Waals surface area contributed by atoms with Crippen molar-refractivity contribution in [2.45, 2.75) is 0 Å². The van der Waals surface area contributed by atoms with Crippen molar-refractivity contribution in [1.29, 1.82) is 0 Å². The molecule has 0 saturated heterocycles. The second kappa shape index (κ2) is 1.69. The molecule has 0 aliphatic carbocycles. The van der Waals surface area contributed by atoms with Crippen molar-refractivity contribution in [3.8, 4) is 0 Å². The summed E-state index contributed by atoms with van der Waals surface area (Å²) in [5, 5.41) is 10.2. The van der Waals surface area contributed by atoms with Gasteiger partial charge in [-0.15, -0.1) is 0 Å². The largest absolute Gasteiger partial charge is 0.253 e. The van der Waals surface area contributed by atoms with Crippen molar-refractivity contribution in [3.05, 3.63) is 22.4 Å². The van der Waals surface area contributed by atoms with Crippen molar-refractivity contribution in [1.82, 2.24) is 10.5 Å². The van der Waals surface area contributed by atoms with Crippen molar-refractivity contribution in [2.75, 3.05) is 6.54 Å². The normalized spacial score (nSPS) is 16.2. The monoisotopic (exact) mass is 115 g/mol. The van der Waals surface area contributed by atoms with E-state index in [-0.39, 0.29) is 0 Å². The molecule has 8 heavy (non-hydrogen) atoms. The molecule has 0 atom stereocenters. The highest BCUT2D eigenvalue weighted by atomic mass is 16.7. The van der Waals surface area contributed by atoms with Crippen LogP contribution in [0, 0.1) is 10.1 Å². The Labute approximate surface area is 45.7 Å². The molecule has 44 valence electrons. The Morgan fingerprint density at radius 3 is 2.88 bits per heavy atom. The molecule has 0 radical (unpaired) electrons. The second-order valence-corrected chi connectivity index (χ2v) is 1.35. The first kappa shape index (κ1) is 4.89. The predicted octanol–water partition coefficient (Wildman–Crippen LogP) is -0.488. The number of nitro groups is 1. The van der Waals surface area contributed by atoms with Gasteiger partial charge in [-0.2, -0.15) is 0 Å². The topological polar surface area (TPSA) is 58.4 Å². The summed E-state index contributed by atoms with van der Waals surface area (Å²) < 4.78 is 0. The molecule has 0 fully saturated rings. The molecule has 1 aliphatic heterocycles. The maximum Gasteiger partial charge on any atom is 0.181 e. The number of nitrogens with one attached hydrogen (secondary N) is 1. The molecule has 0 spiro atoms. The van der Waals surface area contributed by atoms with E-state index in [9.17, 15) is 10.1 Å². The zero-order chi connectivity index (χ0) is 5.98. The van der Waals surface area contributed by atoms with Gasteiger partial charge < -0.3 is 0 Å². The summed E-state index contributed by atoms with van der Waals surface area (Å²) in [7, 11) is 0. The smallest absolute Gasteiger partial charge is 0.181 e. The number of hydrogen-bond acceptors (Lipinski definition) is 3. The summed E-state index contributed by atoms with van der Waals surface area (Å²) in [5.41, 5.74) is 2.41. The van der Waals surface area contributed by atoms with E-state index in [1.54, 1.807) is 6.08 Å². The predicted molar refractivity (Wildman–Crippen MR) is 26.0 cm³/mol. The first-order chi connectivity index (χ1) is 3.80. The highest BCUT2D eigenvalue weighted by Gasteiger charge is 2.12. The van der Waals surface area contributed by atoms with Crippen LogP contribution in [0.1, 0.15) is 0 Å². The van der Waals surface area contributed by atoms with E-state index in [2.05, 4.69) is 5.43 Å². The maximum atomic E-state index is 9.83. The third-order valence-corrected chi connectivity index (χ3v) is 0.817. The van der Waals surface area contributed by atoms with E-state index < -0.39 is 5.03 Å². The molecular formula is C3H5N3O2. The van der Waals surface area contributed by atoms with Crippen LogP contribution in [0.4, 0.5) is 0 Å². The molecule has 0 aromatic carbocycles. The molecular weight excluding hydrogens is 110 g/mol. The van der Waals surface area contributed by atoms with Crippen LogP contribution in [0.15, 0.2) is 12.3 Å². The first-order valence-corrected chi connectivity index (χ1v) is 2.14. The van der Waals surface area contributed by atoms with Crippen molar-refractivity contribution >= 4 is 0 Å². The quantitative estimate of drug-likeness (QED) is 0.370. The fourth-order valence-electron chi connectivity index (χ4n) is 0.458. The van der Waals surface area contributed by atoms with E-state index in [1.807, 2.05) is 0 Å². The van der Waals surface area contributed by atoms with Crippen molar-refractivity contribution < 1.29 is 5.03 Å². The van der Waals surface area contributed by atoms with Crippen LogP contribution in [0.5, 0.6) is 0 Å². The average Bonchev–Trinajstić information content (AvgIpc) is 2.12. The lowest BCUT2D eigenvalue weighted by atomic mass is 10.7. The van der Waals surface area contributed by atoms with Crippen LogP contribution in [0.25, 0.3) is 0 Å². The van der Waals surface area contributed by atoms with Crippen LogP contribution in [0.3, 0.4) is 0 Å². The fourth-order valence-corrected chi connectivity index (χ4v) is 0.458. The van der Waals surface area contributed by atoms with Crippen LogP contribution in [-0.4, -0.2) is 16.7 Å². The third kappa shape index (κ3) is 0.699. The SMILES string of the molecule is O=[N+]([O-])N1CC=CN1. The summed E-state index contributed by atoms with van der Waals surface area (Å²) in [5.74, 6) is 0. The molecule has 1 rings (SSSR count). The molecule has 1 heterocycles. The third-order valence-electron chi connectivity index (χ3n) is 0.817. The number of nitrogens with zero attached hydrogens (tertiary/aromatic N) is 2. The van der Waals surface area contributed by atoms with Crippen LogP contribution < -0.4 is 5.43 Å². The molecule has 5 nitrogen and oxygen atoms in total. The van der Waals surface area contributed by atoms with Crippen LogP contribution in [-0.2, 0) is 0 Å². The van der Waals surface area contributed by atoms with Gasteiger partial charge in [0.15, 0.2) is 5.03 Å². The molecule has 1 aliphatic rings. The van der Waals surface area contributed by atoms with E-state index in [0.717, 1.165) is 5.12 Å². The van der Waals surface area contributed by atoms with Crippen LogP contribution >= 0.6 is 0 Å². The van der Waals surface area contributed by atoms with Gasteiger partial charge in [0.25, 0.3) is 0 Å². The van der Waals surface area contributed by atoms with Gasteiger partial charge in [-0.25, -0.2) is 10.1 Å².